The standard InChI is InChI=1S/C22H25N7O2/c1-15-10-19(27(2)25-15)14-31-21-11-20(22(30)28-9-3-4-17(24)13-28)26-29(21)18-7-5-16(12-23)6-8-18/h5-8,10-11,17H,3-4,9,13-14,24H2,1-2H3/t17-/m1/s1. The van der Waals surface area contributed by atoms with Gasteiger partial charge in [0.05, 0.1) is 28.7 Å². The van der Waals surface area contributed by atoms with E-state index in [4.69, 9.17) is 15.7 Å². The van der Waals surface area contributed by atoms with Gasteiger partial charge in [0, 0.05) is 32.2 Å². The number of hydrogen-bond acceptors (Lipinski definition) is 6. The molecule has 0 bridgehead atoms. The van der Waals surface area contributed by atoms with Crippen LogP contribution in [0.5, 0.6) is 5.88 Å². The Morgan fingerprint density at radius 3 is 2.71 bits per heavy atom. The fourth-order valence-corrected chi connectivity index (χ4v) is 3.74. The molecular formula is C22H25N7O2. The molecule has 0 aliphatic carbocycles. The monoisotopic (exact) mass is 419 g/mol. The molecule has 0 spiro atoms. The third-order valence-electron chi connectivity index (χ3n) is 5.35. The summed E-state index contributed by atoms with van der Waals surface area (Å²) in [6.45, 7) is 3.39. The van der Waals surface area contributed by atoms with Crippen LogP contribution >= 0.6 is 0 Å². The van der Waals surface area contributed by atoms with Crippen molar-refractivity contribution in [1.82, 2.24) is 24.5 Å². The van der Waals surface area contributed by atoms with Crippen LogP contribution in [0, 0.1) is 18.3 Å². The second kappa shape index (κ2) is 8.62. The van der Waals surface area contributed by atoms with Gasteiger partial charge in [0.2, 0.25) is 5.88 Å². The van der Waals surface area contributed by atoms with E-state index in [1.165, 1.54) is 0 Å². The van der Waals surface area contributed by atoms with Gasteiger partial charge in [-0.2, -0.15) is 15.5 Å². The normalized spacial score (nSPS) is 16.2. The summed E-state index contributed by atoms with van der Waals surface area (Å²) in [5.74, 6) is 0.275. The van der Waals surface area contributed by atoms with Crippen molar-refractivity contribution in [3.63, 3.8) is 0 Å². The fraction of sp³-hybridized carbons (Fsp3) is 0.364. The highest BCUT2D eigenvalue weighted by Gasteiger charge is 2.26. The Bertz CT molecular complexity index is 1120. The predicted molar refractivity (Wildman–Crippen MR) is 114 cm³/mol. The molecule has 160 valence electrons. The van der Waals surface area contributed by atoms with Crippen LogP contribution in [0.15, 0.2) is 36.4 Å². The highest BCUT2D eigenvalue weighted by Crippen LogP contribution is 2.23. The maximum Gasteiger partial charge on any atom is 0.274 e. The number of benzene rings is 1. The van der Waals surface area contributed by atoms with Gasteiger partial charge in [-0.3, -0.25) is 9.48 Å². The number of nitrogens with zero attached hydrogens (tertiary/aromatic N) is 6. The molecule has 2 N–H and O–H groups in total. The molecule has 3 aromatic rings. The van der Waals surface area contributed by atoms with E-state index in [-0.39, 0.29) is 18.6 Å². The molecule has 1 aliphatic rings. The summed E-state index contributed by atoms with van der Waals surface area (Å²) < 4.78 is 9.39. The largest absolute Gasteiger partial charge is 0.471 e. The van der Waals surface area contributed by atoms with Gasteiger partial charge in [-0.25, -0.2) is 4.68 Å². The van der Waals surface area contributed by atoms with E-state index < -0.39 is 0 Å². The molecule has 1 saturated heterocycles. The van der Waals surface area contributed by atoms with E-state index in [1.807, 2.05) is 20.0 Å². The fourth-order valence-electron chi connectivity index (χ4n) is 3.74. The highest BCUT2D eigenvalue weighted by molar-refractivity contribution is 5.92. The molecule has 1 atom stereocenters. The molecule has 0 radical (unpaired) electrons. The van der Waals surface area contributed by atoms with Crippen molar-refractivity contribution >= 4 is 5.91 Å². The predicted octanol–water partition coefficient (Wildman–Crippen LogP) is 1.93. The van der Waals surface area contributed by atoms with E-state index in [1.54, 1.807) is 44.6 Å². The number of nitriles is 1. The molecule has 2 aromatic heterocycles. The molecule has 31 heavy (non-hydrogen) atoms. The zero-order chi connectivity index (χ0) is 22.0. The second-order valence-electron chi connectivity index (χ2n) is 7.78. The number of aromatic nitrogens is 4. The van der Waals surface area contributed by atoms with Gasteiger partial charge in [0.1, 0.15) is 6.61 Å². The SMILES string of the molecule is Cc1cc(COc2cc(C(=O)N3CCC[C@@H](N)C3)nn2-c2ccc(C#N)cc2)n(C)n1. The Hall–Kier alpha value is -3.64. The summed E-state index contributed by atoms with van der Waals surface area (Å²) in [6, 6.07) is 12.7. The zero-order valence-corrected chi connectivity index (χ0v) is 17.7. The number of carbonyl (C=O) groups is 1. The molecule has 9 nitrogen and oxygen atoms in total. The number of piperidine rings is 1. The highest BCUT2D eigenvalue weighted by atomic mass is 16.5. The number of nitrogens with two attached hydrogens (primary N) is 1. The first kappa shape index (κ1) is 20.6. The first-order chi connectivity index (χ1) is 14.9. The molecule has 1 aromatic carbocycles. The number of amides is 1. The molecule has 0 saturated carbocycles. The lowest BCUT2D eigenvalue weighted by Gasteiger charge is -2.30. The maximum absolute atomic E-state index is 13.1. The lowest BCUT2D eigenvalue weighted by Crippen LogP contribution is -2.45. The van der Waals surface area contributed by atoms with E-state index in [0.717, 1.165) is 24.2 Å². The van der Waals surface area contributed by atoms with Crippen molar-refractivity contribution in [2.24, 2.45) is 12.8 Å². The lowest BCUT2D eigenvalue weighted by atomic mass is 10.1. The Morgan fingerprint density at radius 1 is 1.29 bits per heavy atom. The van der Waals surface area contributed by atoms with E-state index in [0.29, 0.717) is 35.9 Å². The quantitative estimate of drug-likeness (QED) is 0.676. The van der Waals surface area contributed by atoms with E-state index in [2.05, 4.69) is 16.3 Å². The summed E-state index contributed by atoms with van der Waals surface area (Å²) in [5.41, 5.74) is 9.39. The summed E-state index contributed by atoms with van der Waals surface area (Å²) >= 11 is 0. The van der Waals surface area contributed by atoms with Crippen LogP contribution in [-0.4, -0.2) is 49.5 Å². The molecule has 0 unspecified atom stereocenters. The number of likely N-dealkylation sites (tertiary alicyclic amines) is 1. The van der Waals surface area contributed by atoms with Crippen LogP contribution in [0.25, 0.3) is 5.69 Å². The zero-order valence-electron chi connectivity index (χ0n) is 17.7. The molecule has 3 heterocycles. The Balaban J connectivity index is 1.64. The second-order valence-corrected chi connectivity index (χ2v) is 7.78. The topological polar surface area (TPSA) is 115 Å². The summed E-state index contributed by atoms with van der Waals surface area (Å²) in [5, 5.41) is 17.9. The third-order valence-corrected chi connectivity index (χ3v) is 5.35. The van der Waals surface area contributed by atoms with Crippen molar-refractivity contribution in [1.29, 1.82) is 5.26 Å². The van der Waals surface area contributed by atoms with Crippen LogP contribution in [0.1, 0.15) is 40.3 Å². The Morgan fingerprint density at radius 2 is 2.06 bits per heavy atom. The Labute approximate surface area is 180 Å². The summed E-state index contributed by atoms with van der Waals surface area (Å²) in [7, 11) is 1.86. The summed E-state index contributed by atoms with van der Waals surface area (Å²) in [4.78, 5) is 14.8. The lowest BCUT2D eigenvalue weighted by molar-refractivity contribution is 0.0702. The minimum atomic E-state index is -0.163. The van der Waals surface area contributed by atoms with Gasteiger partial charge in [0.15, 0.2) is 5.69 Å². The number of aryl methyl sites for hydroxylation is 2. The summed E-state index contributed by atoms with van der Waals surface area (Å²) in [6.07, 6.45) is 1.80. The van der Waals surface area contributed by atoms with Crippen molar-refractivity contribution in [2.75, 3.05) is 13.1 Å². The number of hydrogen-bond donors (Lipinski definition) is 1. The van der Waals surface area contributed by atoms with Gasteiger partial charge in [-0.15, -0.1) is 0 Å². The minimum Gasteiger partial charge on any atom is -0.471 e. The average Bonchev–Trinajstić information content (AvgIpc) is 3.34. The van der Waals surface area contributed by atoms with Crippen LogP contribution in [0.3, 0.4) is 0 Å². The molecule has 1 fully saturated rings. The van der Waals surface area contributed by atoms with Gasteiger partial charge < -0.3 is 15.4 Å². The van der Waals surface area contributed by atoms with Gasteiger partial charge in [0.25, 0.3) is 5.91 Å². The smallest absolute Gasteiger partial charge is 0.274 e. The first-order valence-corrected chi connectivity index (χ1v) is 10.2. The molecule has 1 aliphatic heterocycles. The van der Waals surface area contributed by atoms with Crippen molar-refractivity contribution in [2.45, 2.75) is 32.4 Å². The van der Waals surface area contributed by atoms with Crippen molar-refractivity contribution in [3.05, 3.63) is 59.0 Å². The van der Waals surface area contributed by atoms with Gasteiger partial charge in [-0.1, -0.05) is 0 Å². The molecular weight excluding hydrogens is 394 g/mol. The van der Waals surface area contributed by atoms with Gasteiger partial charge in [-0.05, 0) is 50.1 Å². The minimum absolute atomic E-state index is 0.0119. The Kier molecular flexibility index (Phi) is 5.73. The molecule has 1 amide bonds. The average molecular weight is 419 g/mol. The number of ether oxygens (including phenoxy) is 1. The maximum atomic E-state index is 13.1. The number of carbonyl (C=O) groups excluding carboxylic acids is 1. The van der Waals surface area contributed by atoms with Crippen LogP contribution < -0.4 is 10.5 Å². The van der Waals surface area contributed by atoms with Crippen LogP contribution in [0.2, 0.25) is 0 Å². The van der Waals surface area contributed by atoms with Crippen LogP contribution in [0.4, 0.5) is 0 Å². The first-order valence-electron chi connectivity index (χ1n) is 10.2. The molecule has 4 rings (SSSR count). The van der Waals surface area contributed by atoms with Crippen molar-refractivity contribution in [3.8, 4) is 17.6 Å². The van der Waals surface area contributed by atoms with Gasteiger partial charge >= 0.3 is 0 Å². The van der Waals surface area contributed by atoms with Crippen LogP contribution in [-0.2, 0) is 13.7 Å². The molecule has 9 heteroatoms. The van der Waals surface area contributed by atoms with E-state index in [9.17, 15) is 4.79 Å². The number of rotatable bonds is 5. The van der Waals surface area contributed by atoms with E-state index >= 15 is 0 Å². The van der Waals surface area contributed by atoms with Crippen molar-refractivity contribution < 1.29 is 9.53 Å². The third kappa shape index (κ3) is 4.44.